The number of aromatic nitrogens is 2. The van der Waals surface area contributed by atoms with E-state index in [2.05, 4.69) is 5.10 Å². The Morgan fingerprint density at radius 2 is 1.89 bits per heavy atom. The lowest BCUT2D eigenvalue weighted by Crippen LogP contribution is -2.24. The van der Waals surface area contributed by atoms with Gasteiger partial charge in [-0.1, -0.05) is 12.1 Å². The summed E-state index contributed by atoms with van der Waals surface area (Å²) in [6, 6.07) is 7.15. The van der Waals surface area contributed by atoms with Crippen molar-refractivity contribution in [3.63, 3.8) is 0 Å². The number of benzene rings is 1. The molecule has 1 aromatic carbocycles. The van der Waals surface area contributed by atoms with Crippen molar-refractivity contribution < 1.29 is 18.0 Å². The first-order valence-electron chi connectivity index (χ1n) is 5.13. The van der Waals surface area contributed by atoms with Crippen molar-refractivity contribution in [2.75, 3.05) is 0 Å². The number of hydrogen-bond donors (Lipinski definition) is 0. The smallest absolute Gasteiger partial charge is 0.284 e. The second kappa shape index (κ2) is 4.29. The van der Waals surface area contributed by atoms with Crippen molar-refractivity contribution in [2.45, 2.75) is 13.1 Å². The van der Waals surface area contributed by atoms with E-state index in [9.17, 15) is 18.0 Å². The van der Waals surface area contributed by atoms with Crippen LogP contribution in [0.2, 0.25) is 0 Å². The molecule has 1 aromatic heterocycles. The molecular formula is C12H9F3N2O. The Balaban J connectivity index is 2.53. The highest BCUT2D eigenvalue weighted by molar-refractivity contribution is 6.03. The average molecular weight is 254 g/mol. The van der Waals surface area contributed by atoms with Crippen LogP contribution >= 0.6 is 0 Å². The maximum Gasteiger partial charge on any atom is 0.454 e. The number of para-hydroxylation sites is 1. The van der Waals surface area contributed by atoms with Crippen LogP contribution in [0.3, 0.4) is 0 Å². The summed E-state index contributed by atoms with van der Waals surface area (Å²) in [4.78, 5) is 11.3. The summed E-state index contributed by atoms with van der Waals surface area (Å²) >= 11 is 0. The second-order valence-corrected chi connectivity index (χ2v) is 3.75. The van der Waals surface area contributed by atoms with Crippen LogP contribution < -0.4 is 0 Å². The third-order valence-electron chi connectivity index (χ3n) is 2.38. The maximum absolute atomic E-state index is 12.5. The number of ketones is 1. The zero-order valence-corrected chi connectivity index (χ0v) is 9.40. The second-order valence-electron chi connectivity index (χ2n) is 3.75. The summed E-state index contributed by atoms with van der Waals surface area (Å²) in [5, 5.41) is 4.00. The Kier molecular flexibility index (Phi) is 2.94. The van der Waals surface area contributed by atoms with Crippen LogP contribution in [-0.2, 0) is 0 Å². The molecule has 0 aliphatic heterocycles. The first-order chi connectivity index (χ1) is 8.39. The summed E-state index contributed by atoms with van der Waals surface area (Å²) in [5.41, 5.74) is 0.366. The molecule has 0 saturated carbocycles. The topological polar surface area (TPSA) is 34.9 Å². The van der Waals surface area contributed by atoms with Gasteiger partial charge in [0.25, 0.3) is 5.78 Å². The third kappa shape index (κ3) is 2.27. The van der Waals surface area contributed by atoms with E-state index >= 15 is 0 Å². The van der Waals surface area contributed by atoms with Gasteiger partial charge in [-0.2, -0.15) is 18.3 Å². The van der Waals surface area contributed by atoms with E-state index in [0.717, 1.165) is 6.07 Å². The number of halogens is 3. The Bertz CT molecular complexity index is 587. The minimum Gasteiger partial charge on any atom is -0.284 e. The quantitative estimate of drug-likeness (QED) is 0.772. The maximum atomic E-state index is 12.5. The number of alkyl halides is 3. The zero-order valence-electron chi connectivity index (χ0n) is 9.40. The number of hydrogen-bond acceptors (Lipinski definition) is 2. The third-order valence-corrected chi connectivity index (χ3v) is 2.38. The van der Waals surface area contributed by atoms with Crippen molar-refractivity contribution in [3.05, 3.63) is 47.8 Å². The fourth-order valence-electron chi connectivity index (χ4n) is 1.57. The molecule has 3 nitrogen and oxygen atoms in total. The van der Waals surface area contributed by atoms with E-state index in [1.807, 2.05) is 0 Å². The van der Waals surface area contributed by atoms with Crippen molar-refractivity contribution in [3.8, 4) is 5.69 Å². The molecule has 2 rings (SSSR count). The molecule has 0 amide bonds. The normalized spacial score (nSPS) is 11.6. The fourth-order valence-corrected chi connectivity index (χ4v) is 1.57. The van der Waals surface area contributed by atoms with E-state index in [1.54, 1.807) is 19.1 Å². The predicted molar refractivity (Wildman–Crippen MR) is 58.7 cm³/mol. The van der Waals surface area contributed by atoms with Crippen LogP contribution in [0.1, 0.15) is 16.1 Å². The number of Topliss-reactive ketones (excluding diaryl/α,β-unsaturated/α-hetero) is 1. The molecule has 0 N–H and O–H groups in total. The van der Waals surface area contributed by atoms with Gasteiger partial charge >= 0.3 is 6.18 Å². The fraction of sp³-hybridized carbons (Fsp3) is 0.167. The standard InChI is InChI=1S/C12H9F3N2O/c1-8-6-7-17(16-8)10-5-3-2-4-9(10)11(18)12(13,14)15/h2-7H,1H3. The first-order valence-corrected chi connectivity index (χ1v) is 5.13. The minimum atomic E-state index is -4.89. The highest BCUT2D eigenvalue weighted by atomic mass is 19.4. The molecule has 0 bridgehead atoms. The molecule has 1 heterocycles. The van der Waals surface area contributed by atoms with Gasteiger partial charge in [0.1, 0.15) is 0 Å². The highest BCUT2D eigenvalue weighted by Crippen LogP contribution is 2.25. The lowest BCUT2D eigenvalue weighted by molar-refractivity contribution is -0.0885. The number of rotatable bonds is 2. The molecule has 0 atom stereocenters. The molecule has 94 valence electrons. The van der Waals surface area contributed by atoms with Crippen molar-refractivity contribution in [1.82, 2.24) is 9.78 Å². The molecule has 2 aromatic rings. The Morgan fingerprint density at radius 3 is 2.44 bits per heavy atom. The van der Waals surface area contributed by atoms with Gasteiger partial charge in [0.2, 0.25) is 0 Å². The van der Waals surface area contributed by atoms with Gasteiger partial charge in [-0.25, -0.2) is 4.68 Å². The summed E-state index contributed by atoms with van der Waals surface area (Å²) in [7, 11) is 0. The van der Waals surface area contributed by atoms with E-state index in [0.29, 0.717) is 5.69 Å². The zero-order chi connectivity index (χ0) is 13.3. The number of aryl methyl sites for hydroxylation is 1. The molecule has 0 saturated heterocycles. The van der Waals surface area contributed by atoms with Crippen LogP contribution in [0.25, 0.3) is 5.69 Å². The lowest BCUT2D eigenvalue weighted by Gasteiger charge is -2.10. The summed E-state index contributed by atoms with van der Waals surface area (Å²) in [5.74, 6) is -1.87. The monoisotopic (exact) mass is 254 g/mol. The average Bonchev–Trinajstić information content (AvgIpc) is 2.73. The molecule has 18 heavy (non-hydrogen) atoms. The van der Waals surface area contributed by atoms with Crippen molar-refractivity contribution in [1.29, 1.82) is 0 Å². The minimum absolute atomic E-state index is 0.118. The Labute approximate surface area is 101 Å². The van der Waals surface area contributed by atoms with Gasteiger partial charge in [-0.15, -0.1) is 0 Å². The van der Waals surface area contributed by atoms with Gasteiger partial charge < -0.3 is 0 Å². The molecule has 0 aliphatic rings. The molecule has 6 heteroatoms. The molecule has 0 aliphatic carbocycles. The van der Waals surface area contributed by atoms with E-state index in [-0.39, 0.29) is 5.69 Å². The SMILES string of the molecule is Cc1ccn(-c2ccccc2C(=O)C(F)(F)F)n1. The van der Waals surface area contributed by atoms with Crippen LogP contribution in [0, 0.1) is 6.92 Å². The van der Waals surface area contributed by atoms with Gasteiger partial charge in [-0.05, 0) is 25.1 Å². The Morgan fingerprint density at radius 1 is 1.22 bits per heavy atom. The highest BCUT2D eigenvalue weighted by Gasteiger charge is 2.40. The molecule has 0 radical (unpaired) electrons. The predicted octanol–water partition coefficient (Wildman–Crippen LogP) is 2.93. The summed E-state index contributed by atoms with van der Waals surface area (Å²) < 4.78 is 38.6. The Hall–Kier alpha value is -2.11. The molecular weight excluding hydrogens is 245 g/mol. The molecule has 0 unspecified atom stereocenters. The van der Waals surface area contributed by atoms with Crippen LogP contribution in [0.5, 0.6) is 0 Å². The van der Waals surface area contributed by atoms with Gasteiger partial charge in [0.05, 0.1) is 16.9 Å². The van der Waals surface area contributed by atoms with Crippen molar-refractivity contribution in [2.24, 2.45) is 0 Å². The van der Waals surface area contributed by atoms with E-state index in [4.69, 9.17) is 0 Å². The van der Waals surface area contributed by atoms with Gasteiger partial charge in [0, 0.05) is 6.20 Å². The summed E-state index contributed by atoms with van der Waals surface area (Å²) in [6.45, 7) is 1.71. The van der Waals surface area contributed by atoms with Crippen LogP contribution in [0.4, 0.5) is 13.2 Å². The number of carbonyl (C=O) groups excluding carboxylic acids is 1. The van der Waals surface area contributed by atoms with Crippen LogP contribution in [0.15, 0.2) is 36.5 Å². The van der Waals surface area contributed by atoms with Crippen LogP contribution in [-0.4, -0.2) is 21.7 Å². The van der Waals surface area contributed by atoms with E-state index in [1.165, 1.54) is 23.0 Å². The number of carbonyl (C=O) groups is 1. The molecule has 0 fully saturated rings. The lowest BCUT2D eigenvalue weighted by atomic mass is 10.1. The number of nitrogens with zero attached hydrogens (tertiary/aromatic N) is 2. The first kappa shape index (κ1) is 12.3. The van der Waals surface area contributed by atoms with Crippen molar-refractivity contribution >= 4 is 5.78 Å². The van der Waals surface area contributed by atoms with E-state index < -0.39 is 17.5 Å². The van der Waals surface area contributed by atoms with Gasteiger partial charge in [-0.3, -0.25) is 4.79 Å². The largest absolute Gasteiger partial charge is 0.454 e. The molecule has 0 spiro atoms. The summed E-state index contributed by atoms with van der Waals surface area (Å²) in [6.07, 6.45) is -3.38. The van der Waals surface area contributed by atoms with Gasteiger partial charge in [0.15, 0.2) is 0 Å².